The average molecular weight is 345 g/mol. The number of pyridine rings is 1. The summed E-state index contributed by atoms with van der Waals surface area (Å²) in [6, 6.07) is 27.1. The molecule has 122 valence electrons. The lowest BCUT2D eigenvalue weighted by molar-refractivity contribution is 0.597. The zero-order valence-electron chi connectivity index (χ0n) is 13.3. The Kier molecular flexibility index (Phi) is 3.82. The lowest BCUT2D eigenvalue weighted by Gasteiger charge is -2.11. The van der Waals surface area contributed by atoms with E-state index in [1.54, 1.807) is 42.5 Å². The number of hydrogen-bond acceptors (Lipinski definition) is 3. The number of aromatic nitrogens is 1. The van der Waals surface area contributed by atoms with Crippen molar-refractivity contribution in [1.29, 1.82) is 0 Å². The van der Waals surface area contributed by atoms with Crippen molar-refractivity contribution in [2.24, 2.45) is 0 Å². The minimum absolute atomic E-state index is 0.281. The Balaban J connectivity index is 2.03. The van der Waals surface area contributed by atoms with Crippen LogP contribution in [0.5, 0.6) is 0 Å². The van der Waals surface area contributed by atoms with Crippen molar-refractivity contribution in [3.05, 3.63) is 91.0 Å². The molecule has 25 heavy (non-hydrogen) atoms. The van der Waals surface area contributed by atoms with Crippen molar-refractivity contribution >= 4 is 20.7 Å². The highest BCUT2D eigenvalue weighted by molar-refractivity contribution is 7.91. The molecular weight excluding hydrogens is 330 g/mol. The van der Waals surface area contributed by atoms with E-state index in [4.69, 9.17) is 0 Å². The highest BCUT2D eigenvalue weighted by Crippen LogP contribution is 2.31. The molecule has 0 atom stereocenters. The first kappa shape index (κ1) is 15.5. The highest BCUT2D eigenvalue weighted by Gasteiger charge is 2.21. The fraction of sp³-hybridized carbons (Fsp3) is 0. The van der Waals surface area contributed by atoms with Crippen LogP contribution in [0, 0.1) is 0 Å². The summed E-state index contributed by atoms with van der Waals surface area (Å²) in [5, 5.41) is 0.631. The molecule has 0 spiro atoms. The van der Waals surface area contributed by atoms with Gasteiger partial charge in [-0.2, -0.15) is 0 Å². The molecule has 4 heteroatoms. The first-order chi connectivity index (χ1) is 12.2. The molecule has 0 amide bonds. The van der Waals surface area contributed by atoms with Gasteiger partial charge in [-0.25, -0.2) is 13.4 Å². The molecule has 0 aliphatic heterocycles. The molecule has 4 aromatic rings. The third-order valence-corrected chi connectivity index (χ3v) is 5.90. The summed E-state index contributed by atoms with van der Waals surface area (Å²) in [6.07, 6.45) is 0. The Morgan fingerprint density at radius 1 is 0.680 bits per heavy atom. The molecule has 1 heterocycles. The molecule has 3 aromatic carbocycles. The predicted octanol–water partition coefficient (Wildman–Crippen LogP) is 4.73. The molecule has 0 fully saturated rings. The van der Waals surface area contributed by atoms with Crippen molar-refractivity contribution in [3.63, 3.8) is 0 Å². The second-order valence-electron chi connectivity index (χ2n) is 5.71. The van der Waals surface area contributed by atoms with Gasteiger partial charge in [-0.3, -0.25) is 0 Å². The van der Waals surface area contributed by atoms with Crippen molar-refractivity contribution < 1.29 is 8.42 Å². The van der Waals surface area contributed by atoms with E-state index in [0.29, 0.717) is 16.6 Å². The predicted molar refractivity (Wildman–Crippen MR) is 99.1 cm³/mol. The third-order valence-electron chi connectivity index (χ3n) is 4.09. The van der Waals surface area contributed by atoms with Crippen LogP contribution in [0.2, 0.25) is 0 Å². The van der Waals surface area contributed by atoms with Crippen LogP contribution >= 0.6 is 0 Å². The second kappa shape index (κ2) is 6.15. The van der Waals surface area contributed by atoms with Gasteiger partial charge in [0, 0.05) is 10.9 Å². The van der Waals surface area contributed by atoms with Gasteiger partial charge in [0.25, 0.3) is 0 Å². The molecule has 0 saturated heterocycles. The van der Waals surface area contributed by atoms with Crippen molar-refractivity contribution in [2.45, 2.75) is 9.79 Å². The van der Waals surface area contributed by atoms with Gasteiger partial charge in [0.05, 0.1) is 21.0 Å². The molecule has 0 saturated carbocycles. The van der Waals surface area contributed by atoms with Crippen LogP contribution in [-0.4, -0.2) is 13.4 Å². The molecule has 1 aromatic heterocycles. The number of fused-ring (bicyclic) bond motifs is 1. The Bertz CT molecular complexity index is 1140. The van der Waals surface area contributed by atoms with Crippen LogP contribution in [0.3, 0.4) is 0 Å². The van der Waals surface area contributed by atoms with Crippen molar-refractivity contribution in [2.75, 3.05) is 0 Å². The summed E-state index contributed by atoms with van der Waals surface area (Å²) in [5.74, 6) is 0. The van der Waals surface area contributed by atoms with E-state index < -0.39 is 9.84 Å². The maximum Gasteiger partial charge on any atom is 0.207 e. The van der Waals surface area contributed by atoms with Crippen LogP contribution in [0.15, 0.2) is 101 Å². The molecule has 0 radical (unpaired) electrons. The van der Waals surface area contributed by atoms with Gasteiger partial charge in [-0.1, -0.05) is 66.7 Å². The molecule has 0 unspecified atom stereocenters. The largest absolute Gasteiger partial charge is 0.248 e. The fourth-order valence-electron chi connectivity index (χ4n) is 2.85. The molecular formula is C21H15NO2S. The number of nitrogens with zero attached hydrogens (tertiary/aromatic N) is 1. The van der Waals surface area contributed by atoms with Gasteiger partial charge in [0.15, 0.2) is 0 Å². The van der Waals surface area contributed by atoms with Crippen molar-refractivity contribution in [1.82, 2.24) is 4.98 Å². The van der Waals surface area contributed by atoms with E-state index in [0.717, 1.165) is 5.56 Å². The highest BCUT2D eigenvalue weighted by atomic mass is 32.2. The zero-order chi connectivity index (χ0) is 17.3. The quantitative estimate of drug-likeness (QED) is 0.539. The number of sulfone groups is 1. The minimum atomic E-state index is -3.64. The standard InChI is InChI=1S/C21H15NO2S/c23-25(24,17-11-5-2-6-12-17)21-15-20(16-9-3-1-4-10-16)22-19-14-8-7-13-18(19)21/h1-15H. The number of hydrogen-bond donors (Lipinski definition) is 0. The van der Waals surface area contributed by atoms with Crippen LogP contribution in [-0.2, 0) is 9.84 Å². The number of benzene rings is 3. The van der Waals surface area contributed by atoms with E-state index in [9.17, 15) is 8.42 Å². The van der Waals surface area contributed by atoms with E-state index >= 15 is 0 Å². The van der Waals surface area contributed by atoms with Crippen LogP contribution in [0.4, 0.5) is 0 Å². The molecule has 3 nitrogen and oxygen atoms in total. The van der Waals surface area contributed by atoms with Gasteiger partial charge < -0.3 is 0 Å². The normalized spacial score (nSPS) is 11.5. The van der Waals surface area contributed by atoms with Gasteiger partial charge in [-0.05, 0) is 24.3 Å². The number of para-hydroxylation sites is 1. The van der Waals surface area contributed by atoms with Gasteiger partial charge in [0.1, 0.15) is 0 Å². The smallest absolute Gasteiger partial charge is 0.207 e. The fourth-order valence-corrected chi connectivity index (χ4v) is 4.35. The molecule has 0 bridgehead atoms. The summed E-state index contributed by atoms with van der Waals surface area (Å²) >= 11 is 0. The van der Waals surface area contributed by atoms with Crippen LogP contribution in [0.25, 0.3) is 22.2 Å². The summed E-state index contributed by atoms with van der Waals surface area (Å²) < 4.78 is 26.4. The Morgan fingerprint density at radius 3 is 2.00 bits per heavy atom. The van der Waals surface area contributed by atoms with Crippen molar-refractivity contribution in [3.8, 4) is 11.3 Å². The van der Waals surface area contributed by atoms with Gasteiger partial charge in [-0.15, -0.1) is 0 Å². The second-order valence-corrected chi connectivity index (χ2v) is 7.62. The maximum atomic E-state index is 13.2. The Labute approximate surface area is 146 Å². The summed E-state index contributed by atoms with van der Waals surface area (Å²) in [4.78, 5) is 5.21. The van der Waals surface area contributed by atoms with E-state index in [2.05, 4.69) is 4.98 Å². The molecule has 0 N–H and O–H groups in total. The number of rotatable bonds is 3. The van der Waals surface area contributed by atoms with Gasteiger partial charge >= 0.3 is 0 Å². The first-order valence-corrected chi connectivity index (χ1v) is 9.40. The van der Waals surface area contributed by atoms with Crippen LogP contribution < -0.4 is 0 Å². The Morgan fingerprint density at radius 2 is 1.28 bits per heavy atom. The maximum absolute atomic E-state index is 13.2. The van der Waals surface area contributed by atoms with E-state index in [1.807, 2.05) is 48.5 Å². The molecule has 0 aliphatic rings. The first-order valence-electron chi connectivity index (χ1n) is 7.91. The minimum Gasteiger partial charge on any atom is -0.248 e. The zero-order valence-corrected chi connectivity index (χ0v) is 14.1. The summed E-state index contributed by atoms with van der Waals surface area (Å²) in [5.41, 5.74) is 2.20. The molecule has 4 rings (SSSR count). The summed E-state index contributed by atoms with van der Waals surface area (Å²) in [6.45, 7) is 0. The van der Waals surface area contributed by atoms with Gasteiger partial charge in [0.2, 0.25) is 9.84 Å². The third kappa shape index (κ3) is 2.81. The lowest BCUT2D eigenvalue weighted by Crippen LogP contribution is -2.04. The van der Waals surface area contributed by atoms with E-state index in [-0.39, 0.29) is 9.79 Å². The monoisotopic (exact) mass is 345 g/mol. The molecule has 0 aliphatic carbocycles. The Hall–Kier alpha value is -2.98. The lowest BCUT2D eigenvalue weighted by atomic mass is 10.1. The van der Waals surface area contributed by atoms with Crippen LogP contribution in [0.1, 0.15) is 0 Å². The average Bonchev–Trinajstić information content (AvgIpc) is 2.68. The summed E-state index contributed by atoms with van der Waals surface area (Å²) in [7, 11) is -3.64. The van der Waals surface area contributed by atoms with E-state index in [1.165, 1.54) is 0 Å². The topological polar surface area (TPSA) is 47.0 Å². The SMILES string of the molecule is O=S(=O)(c1ccccc1)c1cc(-c2ccccc2)nc2ccccc12.